The highest BCUT2D eigenvalue weighted by atomic mass is 35.5. The van der Waals surface area contributed by atoms with Crippen LogP contribution in [0.3, 0.4) is 0 Å². The average Bonchev–Trinajstić information content (AvgIpc) is 2.97. The molecular weight excluding hydrogens is 557 g/mol. The zero-order valence-corrected chi connectivity index (χ0v) is 24.8. The van der Waals surface area contributed by atoms with Gasteiger partial charge >= 0.3 is 0 Å². The first kappa shape index (κ1) is 29.5. The highest BCUT2D eigenvalue weighted by Gasteiger charge is 2.22. The van der Waals surface area contributed by atoms with Crippen LogP contribution in [0, 0.1) is 24.6 Å². The Labute approximate surface area is 249 Å². The molecule has 10 heteroatoms. The molecule has 0 spiro atoms. The van der Waals surface area contributed by atoms with E-state index in [4.69, 9.17) is 21.1 Å². The second-order valence-electron chi connectivity index (χ2n) is 10.5. The number of hydrogen-bond acceptors (Lipinski definition) is 7. The Kier molecular flexibility index (Phi) is 9.07. The van der Waals surface area contributed by atoms with Gasteiger partial charge in [-0.2, -0.15) is 0 Å². The number of halogens is 2. The molecule has 5 rings (SSSR count). The van der Waals surface area contributed by atoms with Crippen LogP contribution in [0.15, 0.2) is 53.6 Å². The molecule has 3 heterocycles. The summed E-state index contributed by atoms with van der Waals surface area (Å²) in [6.07, 6.45) is 5.05. The molecule has 0 saturated carbocycles. The Morgan fingerprint density at radius 2 is 2.00 bits per heavy atom. The molecule has 1 fully saturated rings. The Morgan fingerprint density at radius 1 is 1.21 bits per heavy atom. The number of ether oxygens (including phenoxy) is 2. The Hall–Kier alpha value is -3.97. The normalized spacial score (nSPS) is 14.2. The fourth-order valence-electron chi connectivity index (χ4n) is 5.04. The number of methoxy groups -OCH3 is 1. The quantitative estimate of drug-likeness (QED) is 0.270. The number of anilines is 2. The number of nitrogens with zero attached hydrogens (tertiary/aromatic N) is 4. The van der Waals surface area contributed by atoms with Gasteiger partial charge in [0.25, 0.3) is 5.56 Å². The van der Waals surface area contributed by atoms with Crippen molar-refractivity contribution in [2.24, 2.45) is 0 Å². The minimum absolute atomic E-state index is 0.0636. The minimum Gasteiger partial charge on any atom is -0.490 e. The summed E-state index contributed by atoms with van der Waals surface area (Å²) in [4.78, 5) is 24.9. The van der Waals surface area contributed by atoms with E-state index in [-0.39, 0.29) is 34.8 Å². The molecule has 218 valence electrons. The molecule has 2 aromatic carbocycles. The van der Waals surface area contributed by atoms with Crippen molar-refractivity contribution < 1.29 is 13.9 Å². The highest BCUT2D eigenvalue weighted by Crippen LogP contribution is 2.28. The van der Waals surface area contributed by atoms with Crippen LogP contribution in [-0.4, -0.2) is 58.4 Å². The van der Waals surface area contributed by atoms with E-state index in [1.165, 1.54) is 37.7 Å². The van der Waals surface area contributed by atoms with Crippen LogP contribution in [0.25, 0.3) is 16.6 Å². The summed E-state index contributed by atoms with van der Waals surface area (Å²) >= 11 is 6.27. The van der Waals surface area contributed by atoms with Crippen molar-refractivity contribution in [2.45, 2.75) is 45.8 Å². The topological polar surface area (TPSA) is 81.5 Å². The molecule has 1 aliphatic rings. The van der Waals surface area contributed by atoms with Gasteiger partial charge in [-0.3, -0.25) is 9.36 Å². The Morgan fingerprint density at radius 3 is 2.69 bits per heavy atom. The molecule has 1 N–H and O–H groups in total. The molecule has 1 aliphatic heterocycles. The van der Waals surface area contributed by atoms with Gasteiger partial charge in [-0.25, -0.2) is 14.4 Å². The fraction of sp³-hybridized carbons (Fsp3) is 0.344. The van der Waals surface area contributed by atoms with Gasteiger partial charge in [-0.05, 0) is 69.5 Å². The number of aromatic nitrogens is 3. The first-order chi connectivity index (χ1) is 20.2. The van der Waals surface area contributed by atoms with Crippen LogP contribution in [0.5, 0.6) is 5.75 Å². The number of hydrogen-bond donors (Lipinski definition) is 1. The predicted molar refractivity (Wildman–Crippen MR) is 164 cm³/mol. The largest absolute Gasteiger partial charge is 0.490 e. The summed E-state index contributed by atoms with van der Waals surface area (Å²) in [6.45, 7) is 8.70. The van der Waals surface area contributed by atoms with Gasteiger partial charge in [-0.15, -0.1) is 0 Å². The summed E-state index contributed by atoms with van der Waals surface area (Å²) in [5, 5.41) is 3.48. The predicted octanol–water partition coefficient (Wildman–Crippen LogP) is 5.87. The van der Waals surface area contributed by atoms with E-state index in [1.54, 1.807) is 0 Å². The monoisotopic (exact) mass is 589 g/mol. The van der Waals surface area contributed by atoms with Crippen molar-refractivity contribution in [3.05, 3.63) is 81.1 Å². The Bertz CT molecular complexity index is 1700. The zero-order chi connectivity index (χ0) is 29.8. The second-order valence-corrected chi connectivity index (χ2v) is 10.9. The number of fused-ring (bicyclic) bond motifs is 1. The fourth-order valence-corrected chi connectivity index (χ4v) is 5.29. The molecule has 0 radical (unpaired) electrons. The molecular formula is C32H33ClFN5O3. The highest BCUT2D eigenvalue weighted by molar-refractivity contribution is 6.32. The molecule has 1 saturated heterocycles. The van der Waals surface area contributed by atoms with Crippen molar-refractivity contribution in [3.8, 4) is 23.3 Å². The lowest BCUT2D eigenvalue weighted by Gasteiger charge is -2.34. The summed E-state index contributed by atoms with van der Waals surface area (Å²) in [7, 11) is 1.53. The lowest BCUT2D eigenvalue weighted by molar-refractivity contribution is 0.0838. The van der Waals surface area contributed by atoms with Crippen LogP contribution >= 0.6 is 11.6 Å². The summed E-state index contributed by atoms with van der Waals surface area (Å²) in [5.41, 5.74) is 1.91. The molecule has 8 nitrogen and oxygen atoms in total. The maximum absolute atomic E-state index is 14.7. The van der Waals surface area contributed by atoms with E-state index in [1.807, 2.05) is 25.1 Å². The number of para-hydroxylation sites is 1. The van der Waals surface area contributed by atoms with Crippen molar-refractivity contribution in [1.29, 1.82) is 0 Å². The SMILES string of the molecule is COCC#Cc1cn(-c2c(F)cccc2Cl)c(=O)c2cnc(Nc3ccc(OC4CCN(C(C)C)CC4)c(C)c3)nc12. The van der Waals surface area contributed by atoms with Crippen LogP contribution in [0.2, 0.25) is 5.02 Å². The summed E-state index contributed by atoms with van der Waals surface area (Å²) in [6, 6.07) is 10.6. The average molecular weight is 590 g/mol. The second kappa shape index (κ2) is 12.9. The standard InChI is InChI=1S/C32H33ClFN5O3/c1-20(2)38-14-12-24(13-15-38)42-28-11-10-23(17-21(28)3)36-32-35-18-25-29(37-32)22(7-6-16-41-4)19-39(31(25)40)30-26(33)8-5-9-27(30)34/h5,8-11,17-20,24H,12-16H2,1-4H3,(H,35,36,37). The van der Waals surface area contributed by atoms with Crippen molar-refractivity contribution in [1.82, 2.24) is 19.4 Å². The lowest BCUT2D eigenvalue weighted by Crippen LogP contribution is -2.41. The van der Waals surface area contributed by atoms with Crippen LogP contribution in [0.1, 0.15) is 37.8 Å². The molecule has 42 heavy (non-hydrogen) atoms. The van der Waals surface area contributed by atoms with E-state index in [0.29, 0.717) is 17.1 Å². The molecule has 2 aromatic heterocycles. The minimum atomic E-state index is -0.636. The maximum Gasteiger partial charge on any atom is 0.266 e. The molecule has 0 atom stereocenters. The third-order valence-electron chi connectivity index (χ3n) is 7.30. The summed E-state index contributed by atoms with van der Waals surface area (Å²) < 4.78 is 27.3. The van der Waals surface area contributed by atoms with Gasteiger partial charge in [-0.1, -0.05) is 29.5 Å². The molecule has 0 amide bonds. The third-order valence-corrected chi connectivity index (χ3v) is 7.61. The van der Waals surface area contributed by atoms with Crippen molar-refractivity contribution in [3.63, 3.8) is 0 Å². The van der Waals surface area contributed by atoms with Crippen molar-refractivity contribution >= 4 is 34.1 Å². The smallest absolute Gasteiger partial charge is 0.266 e. The number of pyridine rings is 1. The van der Waals surface area contributed by atoms with Gasteiger partial charge in [0, 0.05) is 44.3 Å². The van der Waals surface area contributed by atoms with Gasteiger partial charge in [0.05, 0.1) is 21.5 Å². The van der Waals surface area contributed by atoms with Gasteiger partial charge in [0.2, 0.25) is 5.95 Å². The lowest BCUT2D eigenvalue weighted by atomic mass is 10.1. The number of rotatable bonds is 7. The maximum atomic E-state index is 14.7. The van der Waals surface area contributed by atoms with E-state index in [2.05, 4.69) is 45.9 Å². The van der Waals surface area contributed by atoms with Crippen LogP contribution in [0.4, 0.5) is 16.0 Å². The third kappa shape index (κ3) is 6.41. The first-order valence-electron chi connectivity index (χ1n) is 13.9. The van der Waals surface area contributed by atoms with Crippen LogP contribution < -0.4 is 15.6 Å². The number of nitrogens with one attached hydrogen (secondary N) is 1. The number of piperidine rings is 1. The van der Waals surface area contributed by atoms with E-state index < -0.39 is 11.4 Å². The van der Waals surface area contributed by atoms with Gasteiger partial charge in [0.15, 0.2) is 0 Å². The molecule has 0 aliphatic carbocycles. The van der Waals surface area contributed by atoms with Crippen LogP contribution in [-0.2, 0) is 4.74 Å². The van der Waals surface area contributed by atoms with Crippen molar-refractivity contribution in [2.75, 3.05) is 32.1 Å². The zero-order valence-electron chi connectivity index (χ0n) is 24.1. The van der Waals surface area contributed by atoms with E-state index in [9.17, 15) is 9.18 Å². The first-order valence-corrected chi connectivity index (χ1v) is 14.3. The number of aryl methyl sites for hydroxylation is 1. The molecule has 0 unspecified atom stereocenters. The van der Waals surface area contributed by atoms with E-state index >= 15 is 0 Å². The molecule has 4 aromatic rings. The van der Waals surface area contributed by atoms with E-state index in [0.717, 1.165) is 47.5 Å². The Balaban J connectivity index is 1.43. The number of benzene rings is 2. The van der Waals surface area contributed by atoms with Gasteiger partial charge < -0.3 is 19.7 Å². The summed E-state index contributed by atoms with van der Waals surface area (Å²) in [5.74, 6) is 6.37. The number of likely N-dealkylation sites (tertiary alicyclic amines) is 1. The molecule has 0 bridgehead atoms. The van der Waals surface area contributed by atoms with Gasteiger partial charge in [0.1, 0.15) is 30.0 Å².